The molecule has 28 heavy (non-hydrogen) atoms. The van der Waals surface area contributed by atoms with Gasteiger partial charge in [0.05, 0.1) is 17.8 Å². The van der Waals surface area contributed by atoms with E-state index in [4.69, 9.17) is 0 Å². The van der Waals surface area contributed by atoms with Gasteiger partial charge in [-0.15, -0.1) is 0 Å². The average molecular weight is 408 g/mol. The fourth-order valence-electron chi connectivity index (χ4n) is 3.60. The van der Waals surface area contributed by atoms with Crippen LogP contribution in [0.4, 0.5) is 4.39 Å². The summed E-state index contributed by atoms with van der Waals surface area (Å²) in [4.78, 5) is 14.4. The topological polar surface area (TPSA) is 75.5 Å². The van der Waals surface area contributed by atoms with Crippen LogP contribution in [0.1, 0.15) is 23.9 Å². The van der Waals surface area contributed by atoms with Gasteiger partial charge >= 0.3 is 0 Å². The van der Waals surface area contributed by atoms with E-state index in [1.165, 1.54) is 16.4 Å². The zero-order valence-corrected chi connectivity index (χ0v) is 17.2. The Balaban J connectivity index is 1.68. The molecule has 0 saturated carbocycles. The van der Waals surface area contributed by atoms with Crippen LogP contribution < -0.4 is 0 Å². The standard InChI is InChI=1S/C19H25FN4O3S/c1-4-24-15(3)19(14(2)21-24)28(26,27)23-10-8-22(9-11-23)18(25)13-16-6-5-7-17(20)12-16/h5-7,12H,4,8-11,13H2,1-3H3. The Labute approximate surface area is 164 Å². The Kier molecular flexibility index (Phi) is 5.85. The third-order valence-electron chi connectivity index (χ3n) is 5.05. The summed E-state index contributed by atoms with van der Waals surface area (Å²) in [5.41, 5.74) is 1.73. The SMILES string of the molecule is CCn1nc(C)c(S(=O)(=O)N2CCN(C(=O)Cc3cccc(F)c3)CC2)c1C. The van der Waals surface area contributed by atoms with Gasteiger partial charge in [0.2, 0.25) is 15.9 Å². The van der Waals surface area contributed by atoms with Crippen molar-refractivity contribution in [3.8, 4) is 0 Å². The van der Waals surface area contributed by atoms with Crippen molar-refractivity contribution < 1.29 is 17.6 Å². The van der Waals surface area contributed by atoms with Gasteiger partial charge in [0.1, 0.15) is 10.7 Å². The molecule has 1 aromatic carbocycles. The first-order valence-electron chi connectivity index (χ1n) is 9.30. The number of hydrogen-bond donors (Lipinski definition) is 0. The molecular weight excluding hydrogens is 383 g/mol. The Morgan fingerprint density at radius 1 is 1.18 bits per heavy atom. The van der Waals surface area contributed by atoms with Gasteiger partial charge in [-0.25, -0.2) is 12.8 Å². The molecule has 2 heterocycles. The number of piperazine rings is 1. The minimum absolute atomic E-state index is 0.103. The highest BCUT2D eigenvalue weighted by molar-refractivity contribution is 7.89. The summed E-state index contributed by atoms with van der Waals surface area (Å²) in [5, 5.41) is 4.30. The van der Waals surface area contributed by atoms with Gasteiger partial charge in [0.25, 0.3) is 0 Å². The highest BCUT2D eigenvalue weighted by Gasteiger charge is 2.34. The number of aryl methyl sites for hydroxylation is 2. The maximum absolute atomic E-state index is 13.3. The first-order chi connectivity index (χ1) is 13.2. The van der Waals surface area contributed by atoms with Crippen LogP contribution in [0.3, 0.4) is 0 Å². The lowest BCUT2D eigenvalue weighted by Gasteiger charge is -2.34. The number of halogens is 1. The molecule has 1 aromatic heterocycles. The van der Waals surface area contributed by atoms with Crippen LogP contribution in [0, 0.1) is 19.7 Å². The summed E-state index contributed by atoms with van der Waals surface area (Å²) in [5.74, 6) is -0.506. The smallest absolute Gasteiger partial charge is 0.246 e. The molecule has 0 spiro atoms. The molecule has 1 aliphatic rings. The quantitative estimate of drug-likeness (QED) is 0.755. The molecule has 3 rings (SSSR count). The van der Waals surface area contributed by atoms with Gasteiger partial charge in [-0.2, -0.15) is 9.40 Å². The van der Waals surface area contributed by atoms with Gasteiger partial charge < -0.3 is 4.90 Å². The highest BCUT2D eigenvalue weighted by Crippen LogP contribution is 2.24. The summed E-state index contributed by atoms with van der Waals surface area (Å²) >= 11 is 0. The predicted molar refractivity (Wildman–Crippen MR) is 103 cm³/mol. The number of nitrogens with zero attached hydrogens (tertiary/aromatic N) is 4. The van der Waals surface area contributed by atoms with Gasteiger partial charge in [0.15, 0.2) is 0 Å². The van der Waals surface area contributed by atoms with Crippen LogP contribution in [0.5, 0.6) is 0 Å². The molecule has 152 valence electrons. The molecule has 0 atom stereocenters. The van der Waals surface area contributed by atoms with Crippen LogP contribution in [-0.4, -0.2) is 59.5 Å². The van der Waals surface area contributed by atoms with Crippen molar-refractivity contribution in [3.63, 3.8) is 0 Å². The summed E-state index contributed by atoms with van der Waals surface area (Å²) in [6, 6.07) is 5.96. The van der Waals surface area contributed by atoms with Gasteiger partial charge in [-0.1, -0.05) is 12.1 Å². The molecule has 1 fully saturated rings. The summed E-state index contributed by atoms with van der Waals surface area (Å²) in [6.45, 7) is 7.06. The van der Waals surface area contributed by atoms with Crippen molar-refractivity contribution in [2.24, 2.45) is 0 Å². The second-order valence-corrected chi connectivity index (χ2v) is 8.78. The van der Waals surface area contributed by atoms with Gasteiger partial charge in [0, 0.05) is 32.7 Å². The third kappa shape index (κ3) is 3.95. The second kappa shape index (κ2) is 8.00. The largest absolute Gasteiger partial charge is 0.340 e. The molecule has 0 N–H and O–H groups in total. The number of rotatable bonds is 5. The van der Waals surface area contributed by atoms with E-state index in [1.807, 2.05) is 6.92 Å². The number of amides is 1. The molecule has 0 radical (unpaired) electrons. The number of sulfonamides is 1. The summed E-state index contributed by atoms with van der Waals surface area (Å²) in [7, 11) is -3.66. The van der Waals surface area contributed by atoms with Crippen molar-refractivity contribution in [1.29, 1.82) is 0 Å². The van der Waals surface area contributed by atoms with Crippen molar-refractivity contribution in [2.75, 3.05) is 26.2 Å². The molecular formula is C19H25FN4O3S. The fraction of sp³-hybridized carbons (Fsp3) is 0.474. The number of benzene rings is 1. The monoisotopic (exact) mass is 408 g/mol. The van der Waals surface area contributed by atoms with Crippen LogP contribution in [0.2, 0.25) is 0 Å². The van der Waals surface area contributed by atoms with E-state index in [0.717, 1.165) is 0 Å². The van der Waals surface area contributed by atoms with Crippen molar-refractivity contribution >= 4 is 15.9 Å². The second-order valence-electron chi connectivity index (χ2n) is 6.91. The van der Waals surface area contributed by atoms with E-state index in [0.29, 0.717) is 36.6 Å². The summed E-state index contributed by atoms with van der Waals surface area (Å²) in [6.07, 6.45) is 0.103. The summed E-state index contributed by atoms with van der Waals surface area (Å²) < 4.78 is 42.6. The molecule has 1 saturated heterocycles. The zero-order valence-electron chi connectivity index (χ0n) is 16.4. The normalized spacial score (nSPS) is 15.8. The number of carbonyl (C=O) groups excluding carboxylic acids is 1. The molecule has 0 aliphatic carbocycles. The maximum atomic E-state index is 13.3. The van der Waals surface area contributed by atoms with E-state index in [1.54, 1.807) is 35.6 Å². The molecule has 0 unspecified atom stereocenters. The number of carbonyl (C=O) groups is 1. The Morgan fingerprint density at radius 3 is 2.43 bits per heavy atom. The minimum Gasteiger partial charge on any atom is -0.340 e. The molecule has 1 amide bonds. The Bertz CT molecular complexity index is 979. The third-order valence-corrected chi connectivity index (χ3v) is 7.20. The lowest BCUT2D eigenvalue weighted by Crippen LogP contribution is -2.51. The van der Waals surface area contributed by atoms with Crippen molar-refractivity contribution in [2.45, 2.75) is 38.6 Å². The number of hydrogen-bond acceptors (Lipinski definition) is 4. The molecule has 0 bridgehead atoms. The molecule has 2 aromatic rings. The lowest BCUT2D eigenvalue weighted by molar-refractivity contribution is -0.131. The zero-order chi connectivity index (χ0) is 20.5. The molecule has 1 aliphatic heterocycles. The highest BCUT2D eigenvalue weighted by atomic mass is 32.2. The van der Waals surface area contributed by atoms with Gasteiger partial charge in [-0.05, 0) is 38.5 Å². The Hall–Kier alpha value is -2.26. The van der Waals surface area contributed by atoms with E-state index < -0.39 is 10.0 Å². The Morgan fingerprint density at radius 2 is 1.86 bits per heavy atom. The number of aromatic nitrogens is 2. The van der Waals surface area contributed by atoms with Crippen molar-refractivity contribution in [1.82, 2.24) is 19.0 Å². The lowest BCUT2D eigenvalue weighted by atomic mass is 10.1. The van der Waals surface area contributed by atoms with Crippen LogP contribution in [0.25, 0.3) is 0 Å². The molecule has 7 nitrogen and oxygen atoms in total. The maximum Gasteiger partial charge on any atom is 0.246 e. The van der Waals surface area contributed by atoms with Crippen LogP contribution in [0.15, 0.2) is 29.2 Å². The fourth-order valence-corrected chi connectivity index (χ4v) is 5.40. The van der Waals surface area contributed by atoms with E-state index >= 15 is 0 Å². The first-order valence-corrected chi connectivity index (χ1v) is 10.7. The van der Waals surface area contributed by atoms with E-state index in [2.05, 4.69) is 5.10 Å². The first kappa shape index (κ1) is 20.5. The average Bonchev–Trinajstić information content (AvgIpc) is 2.96. The van der Waals surface area contributed by atoms with Crippen molar-refractivity contribution in [3.05, 3.63) is 47.0 Å². The van der Waals surface area contributed by atoms with E-state index in [-0.39, 0.29) is 36.1 Å². The molecule has 9 heteroatoms. The van der Waals surface area contributed by atoms with Crippen LogP contribution in [-0.2, 0) is 27.8 Å². The van der Waals surface area contributed by atoms with Gasteiger partial charge in [-0.3, -0.25) is 9.48 Å². The van der Waals surface area contributed by atoms with E-state index in [9.17, 15) is 17.6 Å². The minimum atomic E-state index is -3.66. The van der Waals surface area contributed by atoms with Crippen LogP contribution >= 0.6 is 0 Å². The predicted octanol–water partition coefficient (Wildman–Crippen LogP) is 1.73.